The highest BCUT2D eigenvalue weighted by Gasteiger charge is 2.41. The van der Waals surface area contributed by atoms with E-state index < -0.39 is 22.2 Å². The fourth-order valence-corrected chi connectivity index (χ4v) is 6.00. The molecule has 0 spiro atoms. The molecule has 0 N–H and O–H groups in total. The number of nitrogens with zero attached hydrogens (tertiary/aromatic N) is 5. The van der Waals surface area contributed by atoms with Crippen LogP contribution in [0.3, 0.4) is 0 Å². The Hall–Kier alpha value is -2.04. The van der Waals surface area contributed by atoms with Crippen LogP contribution in [0.1, 0.15) is 29.8 Å². The van der Waals surface area contributed by atoms with E-state index in [1.807, 2.05) is 0 Å². The van der Waals surface area contributed by atoms with Gasteiger partial charge in [-0.15, -0.1) is 5.10 Å². The van der Waals surface area contributed by atoms with Crippen LogP contribution < -0.4 is 0 Å². The number of hydrogen-bond donors (Lipinski definition) is 0. The Morgan fingerprint density at radius 1 is 1.24 bits per heavy atom. The van der Waals surface area contributed by atoms with Gasteiger partial charge in [-0.2, -0.15) is 4.31 Å². The molecule has 2 aliphatic rings. The maximum absolute atomic E-state index is 14.2. The topological polar surface area (TPSA) is 88.4 Å². The van der Waals surface area contributed by atoms with Crippen molar-refractivity contribution in [1.82, 2.24) is 24.2 Å². The van der Waals surface area contributed by atoms with E-state index in [9.17, 15) is 17.6 Å². The summed E-state index contributed by atoms with van der Waals surface area (Å²) in [5.74, 6) is -0.191. The van der Waals surface area contributed by atoms with Crippen molar-refractivity contribution >= 4 is 27.5 Å². The number of sulfonamides is 1. The van der Waals surface area contributed by atoms with Crippen LogP contribution in [0.4, 0.5) is 4.39 Å². The number of halogens is 2. The number of benzene rings is 1. The molecule has 0 radical (unpaired) electrons. The lowest BCUT2D eigenvalue weighted by Crippen LogP contribution is -2.38. The van der Waals surface area contributed by atoms with E-state index >= 15 is 0 Å². The lowest BCUT2D eigenvalue weighted by molar-refractivity contribution is 0.0787. The average Bonchev–Trinajstić information content (AvgIpc) is 3.43. The van der Waals surface area contributed by atoms with Crippen molar-refractivity contribution in [3.05, 3.63) is 41.2 Å². The fraction of sp³-hybridized carbons (Fsp3) is 0.500. The monoisotopic (exact) mass is 441 g/mol. The molecule has 4 rings (SSSR count). The highest BCUT2D eigenvalue weighted by Crippen LogP contribution is 2.31. The third kappa shape index (κ3) is 4.01. The maximum Gasteiger partial charge on any atom is 0.276 e. The normalized spacial score (nSPS) is 23.0. The number of likely N-dealkylation sites (tertiary alicyclic amines) is 1. The first-order chi connectivity index (χ1) is 13.9. The molecular formula is C18H21ClFN5O3S. The van der Waals surface area contributed by atoms with Gasteiger partial charge in [-0.1, -0.05) is 28.9 Å². The first-order valence-electron chi connectivity index (χ1n) is 9.46. The SMILES string of the molecule is O=C(c1cn(CC2CC(F)CN2S(=O)(=O)c2ccccc2Cl)nn1)N1CCCC1. The van der Waals surface area contributed by atoms with Gasteiger partial charge in [0.15, 0.2) is 5.69 Å². The van der Waals surface area contributed by atoms with E-state index in [4.69, 9.17) is 11.6 Å². The molecule has 1 aromatic carbocycles. The Morgan fingerprint density at radius 3 is 2.69 bits per heavy atom. The molecular weight excluding hydrogens is 421 g/mol. The van der Waals surface area contributed by atoms with Gasteiger partial charge in [0.1, 0.15) is 11.1 Å². The van der Waals surface area contributed by atoms with Gasteiger partial charge in [-0.3, -0.25) is 9.48 Å². The molecule has 3 heterocycles. The predicted molar refractivity (Wildman–Crippen MR) is 104 cm³/mol. The van der Waals surface area contributed by atoms with Gasteiger partial charge in [0.25, 0.3) is 5.91 Å². The summed E-state index contributed by atoms with van der Waals surface area (Å²) in [5, 5.41) is 7.96. The molecule has 11 heteroatoms. The standard InChI is InChI=1S/C18H21ClFN5O3S/c19-15-5-1-2-6-17(15)29(27,28)25-10-13(20)9-14(25)11-24-12-16(21-22-24)18(26)23-7-3-4-8-23/h1-2,5-6,12-14H,3-4,7-11H2. The van der Waals surface area contributed by atoms with Gasteiger partial charge >= 0.3 is 0 Å². The second-order valence-corrected chi connectivity index (χ2v) is 9.58. The number of alkyl halides is 1. The van der Waals surface area contributed by atoms with E-state index in [0.717, 1.165) is 17.1 Å². The van der Waals surface area contributed by atoms with Crippen molar-refractivity contribution in [1.29, 1.82) is 0 Å². The van der Waals surface area contributed by atoms with Gasteiger partial charge in [-0.25, -0.2) is 12.8 Å². The van der Waals surface area contributed by atoms with Crippen molar-refractivity contribution in [3.8, 4) is 0 Å². The van der Waals surface area contributed by atoms with E-state index in [0.29, 0.717) is 13.1 Å². The van der Waals surface area contributed by atoms with Crippen LogP contribution in [0.5, 0.6) is 0 Å². The van der Waals surface area contributed by atoms with Crippen LogP contribution in [-0.4, -0.2) is 70.4 Å². The van der Waals surface area contributed by atoms with Crippen molar-refractivity contribution in [2.24, 2.45) is 0 Å². The molecule has 2 saturated heterocycles. The van der Waals surface area contributed by atoms with Gasteiger partial charge < -0.3 is 4.90 Å². The lowest BCUT2D eigenvalue weighted by Gasteiger charge is -2.24. The van der Waals surface area contributed by atoms with Crippen LogP contribution in [0.2, 0.25) is 5.02 Å². The smallest absolute Gasteiger partial charge is 0.276 e. The Kier molecular flexibility index (Phi) is 5.58. The molecule has 29 heavy (non-hydrogen) atoms. The summed E-state index contributed by atoms with van der Waals surface area (Å²) in [6.45, 7) is 1.25. The zero-order chi connectivity index (χ0) is 20.6. The summed E-state index contributed by atoms with van der Waals surface area (Å²) in [4.78, 5) is 14.1. The van der Waals surface area contributed by atoms with Crippen molar-refractivity contribution < 1.29 is 17.6 Å². The molecule has 0 bridgehead atoms. The number of carbonyl (C=O) groups excluding carboxylic acids is 1. The molecule has 2 fully saturated rings. The van der Waals surface area contributed by atoms with Gasteiger partial charge in [0.2, 0.25) is 10.0 Å². The summed E-state index contributed by atoms with van der Waals surface area (Å²) in [7, 11) is -3.97. The average molecular weight is 442 g/mol. The Bertz CT molecular complexity index is 1010. The molecule has 0 aliphatic carbocycles. The maximum atomic E-state index is 14.2. The predicted octanol–water partition coefficient (Wildman–Crippen LogP) is 1.97. The number of aromatic nitrogens is 3. The summed E-state index contributed by atoms with van der Waals surface area (Å²) < 4.78 is 42.8. The minimum Gasteiger partial charge on any atom is -0.337 e. The van der Waals surface area contributed by atoms with Crippen LogP contribution >= 0.6 is 11.6 Å². The largest absolute Gasteiger partial charge is 0.337 e. The minimum absolute atomic E-state index is 0.0406. The summed E-state index contributed by atoms with van der Waals surface area (Å²) in [6.07, 6.45) is 2.18. The van der Waals surface area contributed by atoms with E-state index in [1.54, 1.807) is 17.0 Å². The number of rotatable bonds is 5. The molecule has 8 nitrogen and oxygen atoms in total. The van der Waals surface area contributed by atoms with Gasteiger partial charge in [0.05, 0.1) is 17.8 Å². The molecule has 2 atom stereocenters. The van der Waals surface area contributed by atoms with Crippen molar-refractivity contribution in [2.45, 2.75) is 42.9 Å². The summed E-state index contributed by atoms with van der Waals surface area (Å²) in [6, 6.07) is 5.45. The Labute approximate surface area is 173 Å². The first-order valence-corrected chi connectivity index (χ1v) is 11.3. The van der Waals surface area contributed by atoms with Crippen molar-refractivity contribution in [3.63, 3.8) is 0 Å². The second-order valence-electron chi connectivity index (χ2n) is 7.32. The Morgan fingerprint density at radius 2 is 1.97 bits per heavy atom. The molecule has 2 aromatic rings. The van der Waals surface area contributed by atoms with Gasteiger partial charge in [0, 0.05) is 25.7 Å². The number of amides is 1. The van der Waals surface area contributed by atoms with Crippen LogP contribution in [0.25, 0.3) is 0 Å². The fourth-order valence-electron chi connectivity index (χ4n) is 3.86. The Balaban J connectivity index is 1.53. The minimum atomic E-state index is -3.97. The summed E-state index contributed by atoms with van der Waals surface area (Å²) >= 11 is 6.06. The summed E-state index contributed by atoms with van der Waals surface area (Å²) in [5.41, 5.74) is 0.210. The zero-order valence-electron chi connectivity index (χ0n) is 15.6. The highest BCUT2D eigenvalue weighted by atomic mass is 35.5. The highest BCUT2D eigenvalue weighted by molar-refractivity contribution is 7.89. The molecule has 1 amide bonds. The first kappa shape index (κ1) is 20.2. The molecule has 1 aromatic heterocycles. The lowest BCUT2D eigenvalue weighted by atomic mass is 10.2. The van der Waals surface area contributed by atoms with Crippen LogP contribution in [0, 0.1) is 0 Å². The zero-order valence-corrected chi connectivity index (χ0v) is 17.2. The van der Waals surface area contributed by atoms with Crippen LogP contribution in [-0.2, 0) is 16.6 Å². The van der Waals surface area contributed by atoms with E-state index in [2.05, 4.69) is 10.3 Å². The molecule has 2 aliphatic heterocycles. The quantitative estimate of drug-likeness (QED) is 0.707. The molecule has 156 valence electrons. The molecule has 2 unspecified atom stereocenters. The third-order valence-corrected chi connectivity index (χ3v) is 7.70. The second kappa shape index (κ2) is 8.00. The number of hydrogen-bond acceptors (Lipinski definition) is 5. The van der Waals surface area contributed by atoms with Crippen molar-refractivity contribution in [2.75, 3.05) is 19.6 Å². The van der Waals surface area contributed by atoms with E-state index in [-0.39, 0.29) is 41.0 Å². The third-order valence-electron chi connectivity index (χ3n) is 5.29. The van der Waals surface area contributed by atoms with Gasteiger partial charge in [-0.05, 0) is 31.4 Å². The van der Waals surface area contributed by atoms with E-state index in [1.165, 1.54) is 23.0 Å². The van der Waals surface area contributed by atoms with Crippen LogP contribution in [0.15, 0.2) is 35.4 Å². The molecule has 0 saturated carbocycles. The number of carbonyl (C=O) groups is 1.